The summed E-state index contributed by atoms with van der Waals surface area (Å²) in [7, 11) is 0. The highest BCUT2D eigenvalue weighted by Gasteiger charge is 2.08. The van der Waals surface area contributed by atoms with Crippen LogP contribution in [0.2, 0.25) is 0 Å². The molecule has 5 heteroatoms. The van der Waals surface area contributed by atoms with Crippen LogP contribution >= 0.6 is 0 Å². The van der Waals surface area contributed by atoms with Gasteiger partial charge in [-0.1, -0.05) is 63.3 Å². The lowest BCUT2D eigenvalue weighted by atomic mass is 10.0. The van der Waals surface area contributed by atoms with Gasteiger partial charge in [0.05, 0.1) is 11.7 Å². The molecule has 27 heavy (non-hydrogen) atoms. The van der Waals surface area contributed by atoms with Crippen molar-refractivity contribution in [1.29, 1.82) is 0 Å². The van der Waals surface area contributed by atoms with Gasteiger partial charge in [0.2, 0.25) is 5.95 Å². The van der Waals surface area contributed by atoms with E-state index in [0.717, 1.165) is 27.9 Å². The average molecular weight is 361 g/mol. The van der Waals surface area contributed by atoms with Gasteiger partial charge in [-0.2, -0.15) is 0 Å². The van der Waals surface area contributed by atoms with Crippen LogP contribution < -0.4 is 5.73 Å². The van der Waals surface area contributed by atoms with Crippen LogP contribution in [0.1, 0.15) is 49.8 Å². The smallest absolute Gasteiger partial charge is 0.238 e. The van der Waals surface area contributed by atoms with Gasteiger partial charge in [0.25, 0.3) is 0 Å². The Labute approximate surface area is 160 Å². The Morgan fingerprint density at radius 2 is 1.78 bits per heavy atom. The number of anilines is 1. The van der Waals surface area contributed by atoms with E-state index in [0.29, 0.717) is 0 Å². The van der Waals surface area contributed by atoms with Gasteiger partial charge in [-0.3, -0.25) is 4.98 Å². The second-order valence-corrected chi connectivity index (χ2v) is 6.79. The molecule has 1 aliphatic carbocycles. The molecule has 0 bridgehead atoms. The van der Waals surface area contributed by atoms with Crippen molar-refractivity contribution in [3.8, 4) is 11.1 Å². The van der Waals surface area contributed by atoms with Crippen LogP contribution in [0.3, 0.4) is 0 Å². The Balaban J connectivity index is 0.000000299. The number of hydrogen-bond acceptors (Lipinski definition) is 4. The van der Waals surface area contributed by atoms with Crippen LogP contribution in [0.4, 0.5) is 5.95 Å². The summed E-state index contributed by atoms with van der Waals surface area (Å²) in [5.74, 6) is 0.251. The van der Waals surface area contributed by atoms with Crippen LogP contribution in [0.15, 0.2) is 49.5 Å². The van der Waals surface area contributed by atoms with Crippen molar-refractivity contribution in [1.82, 2.24) is 19.6 Å². The largest absolute Gasteiger partial charge is 0.367 e. The summed E-state index contributed by atoms with van der Waals surface area (Å²) in [4.78, 5) is 8.51. The zero-order valence-electron chi connectivity index (χ0n) is 15.9. The lowest BCUT2D eigenvalue weighted by molar-refractivity contribution is 0.504. The summed E-state index contributed by atoms with van der Waals surface area (Å²) in [6, 6.07) is 4.07. The van der Waals surface area contributed by atoms with Gasteiger partial charge >= 0.3 is 0 Å². The van der Waals surface area contributed by atoms with Crippen LogP contribution in [-0.4, -0.2) is 19.6 Å². The number of allylic oxidation sites excluding steroid dienone is 2. The number of nitrogen functional groups attached to an aromatic ring is 1. The molecular weight excluding hydrogens is 334 g/mol. The number of nitrogens with two attached hydrogens (primary N) is 1. The van der Waals surface area contributed by atoms with Crippen molar-refractivity contribution in [3.63, 3.8) is 0 Å². The quantitative estimate of drug-likeness (QED) is 0.649. The predicted molar refractivity (Wildman–Crippen MR) is 112 cm³/mol. The highest BCUT2D eigenvalue weighted by atomic mass is 15.3. The molecular formula is C22H27N5. The van der Waals surface area contributed by atoms with Crippen LogP contribution in [0.25, 0.3) is 22.7 Å². The van der Waals surface area contributed by atoms with Gasteiger partial charge in [-0.25, -0.2) is 9.50 Å². The van der Waals surface area contributed by atoms with Crippen molar-refractivity contribution in [3.05, 3.63) is 60.7 Å². The normalized spacial score (nSPS) is 14.1. The fourth-order valence-corrected chi connectivity index (χ4v) is 3.26. The maximum absolute atomic E-state index is 5.60. The van der Waals surface area contributed by atoms with Crippen molar-refractivity contribution in [2.45, 2.75) is 45.4 Å². The molecule has 0 spiro atoms. The topological polar surface area (TPSA) is 69.1 Å². The molecule has 1 aliphatic rings. The summed E-state index contributed by atoms with van der Waals surface area (Å²) in [6.45, 7) is 5.67. The number of aromatic nitrogens is 4. The third kappa shape index (κ3) is 4.82. The van der Waals surface area contributed by atoms with Crippen molar-refractivity contribution in [2.24, 2.45) is 0 Å². The summed E-state index contributed by atoms with van der Waals surface area (Å²) < 4.78 is 1.72. The zero-order valence-corrected chi connectivity index (χ0v) is 15.9. The molecule has 4 rings (SSSR count). The third-order valence-electron chi connectivity index (χ3n) is 4.78. The Hall–Kier alpha value is -2.95. The third-order valence-corrected chi connectivity index (χ3v) is 4.78. The Kier molecular flexibility index (Phi) is 6.36. The molecule has 5 nitrogen and oxygen atoms in total. The molecule has 0 aromatic carbocycles. The van der Waals surface area contributed by atoms with Crippen molar-refractivity contribution >= 4 is 17.5 Å². The average Bonchev–Trinajstić information content (AvgIpc) is 3.12. The van der Waals surface area contributed by atoms with Gasteiger partial charge in [0.1, 0.15) is 0 Å². The van der Waals surface area contributed by atoms with Crippen molar-refractivity contribution < 1.29 is 0 Å². The lowest BCUT2D eigenvalue weighted by Crippen LogP contribution is -1.99. The van der Waals surface area contributed by atoms with Gasteiger partial charge in [-0.15, -0.1) is 5.10 Å². The van der Waals surface area contributed by atoms with E-state index in [2.05, 4.69) is 27.7 Å². The molecule has 140 valence electrons. The van der Waals surface area contributed by atoms with E-state index in [-0.39, 0.29) is 5.95 Å². The first kappa shape index (κ1) is 18.8. The monoisotopic (exact) mass is 361 g/mol. The molecule has 0 atom stereocenters. The summed E-state index contributed by atoms with van der Waals surface area (Å²) in [5.41, 5.74) is 10.6. The summed E-state index contributed by atoms with van der Waals surface area (Å²) in [6.07, 6.45) is 20.1. The molecule has 1 fully saturated rings. The van der Waals surface area contributed by atoms with E-state index in [1.807, 2.05) is 37.5 Å². The van der Waals surface area contributed by atoms with Gasteiger partial charge in [-0.05, 0) is 24.6 Å². The molecule has 2 N–H and O–H groups in total. The van der Waals surface area contributed by atoms with E-state index in [9.17, 15) is 0 Å². The molecule has 0 amide bonds. The van der Waals surface area contributed by atoms with E-state index >= 15 is 0 Å². The van der Waals surface area contributed by atoms with E-state index in [4.69, 9.17) is 5.73 Å². The molecule has 0 radical (unpaired) electrons. The Morgan fingerprint density at radius 1 is 1.07 bits per heavy atom. The number of fused-ring (bicyclic) bond motifs is 1. The van der Waals surface area contributed by atoms with Crippen LogP contribution in [0, 0.1) is 6.92 Å². The number of nitrogens with zero attached hydrogens (tertiary/aromatic N) is 4. The Bertz CT molecular complexity index is 924. The maximum atomic E-state index is 5.60. The molecule has 0 saturated heterocycles. The minimum Gasteiger partial charge on any atom is -0.367 e. The number of pyridine rings is 1. The van der Waals surface area contributed by atoms with Crippen molar-refractivity contribution in [2.75, 3.05) is 5.73 Å². The highest BCUT2D eigenvalue weighted by Crippen LogP contribution is 2.26. The second kappa shape index (κ2) is 9.12. The molecule has 3 aromatic heterocycles. The number of aryl methyl sites for hydroxylation is 1. The standard InChI is InChI=1S/C16H15N5.C6H12/c1-3-4-5-12-8-13(9-18-11(12)2)14-6-7-21-15(14)10-19-16(17)20-21;1-2-4-6-5-3-1/h3-10H,1H2,2H3,(H2,17,20);1-6H2/b5-4-;. The fraction of sp³-hybridized carbons (Fsp3) is 0.318. The highest BCUT2D eigenvalue weighted by molar-refractivity contribution is 5.81. The second-order valence-electron chi connectivity index (χ2n) is 6.79. The minimum absolute atomic E-state index is 0.251. The molecule has 1 saturated carbocycles. The van der Waals surface area contributed by atoms with Crippen LogP contribution in [-0.2, 0) is 0 Å². The number of rotatable bonds is 3. The van der Waals surface area contributed by atoms with Gasteiger partial charge in [0.15, 0.2) is 0 Å². The summed E-state index contributed by atoms with van der Waals surface area (Å²) in [5, 5.41) is 4.15. The molecule has 3 aromatic rings. The zero-order chi connectivity index (χ0) is 19.1. The van der Waals surface area contributed by atoms with Gasteiger partial charge < -0.3 is 5.73 Å². The molecule has 0 aliphatic heterocycles. The summed E-state index contributed by atoms with van der Waals surface area (Å²) >= 11 is 0. The first-order valence-electron chi connectivity index (χ1n) is 9.55. The minimum atomic E-state index is 0.251. The Morgan fingerprint density at radius 3 is 2.44 bits per heavy atom. The van der Waals surface area contributed by atoms with Crippen LogP contribution in [0.5, 0.6) is 0 Å². The molecule has 0 unspecified atom stereocenters. The van der Waals surface area contributed by atoms with E-state index in [1.54, 1.807) is 16.8 Å². The fourth-order valence-electron chi connectivity index (χ4n) is 3.26. The van der Waals surface area contributed by atoms with E-state index < -0.39 is 0 Å². The molecule has 3 heterocycles. The number of hydrogen-bond donors (Lipinski definition) is 1. The first-order valence-corrected chi connectivity index (χ1v) is 9.55. The maximum Gasteiger partial charge on any atom is 0.238 e. The van der Waals surface area contributed by atoms with Gasteiger partial charge in [0, 0.05) is 29.2 Å². The SMILES string of the molecule is C1CCCCC1.C=C/C=C\c1cc(-c2ccn3nc(N)ncc23)cnc1C. The predicted octanol–water partition coefficient (Wildman–Crippen LogP) is 5.22. The first-order chi connectivity index (χ1) is 13.2. The van der Waals surface area contributed by atoms with E-state index in [1.165, 1.54) is 38.5 Å². The lowest BCUT2D eigenvalue weighted by Gasteiger charge is -2.05.